The van der Waals surface area contributed by atoms with Gasteiger partial charge in [0, 0.05) is 4.87 Å². The fraction of sp³-hybridized carbons (Fsp3) is 1.00. The van der Waals surface area contributed by atoms with Gasteiger partial charge in [0.2, 0.25) is 0 Å². The third-order valence-electron chi connectivity index (χ3n) is 4.20. The van der Waals surface area contributed by atoms with Gasteiger partial charge in [-0.05, 0) is 49.9 Å². The van der Waals surface area contributed by atoms with Gasteiger partial charge in [0.15, 0.2) is 0 Å². The van der Waals surface area contributed by atoms with Crippen molar-refractivity contribution >= 4 is 34.8 Å². The first-order chi connectivity index (χ1) is 6.00. The standard InChI is InChI=1S/C10H13Cl3/c11-9-3-6-1-7(4-9)10(12,13)8(2-6)5-9/h6-8H,1-5H2. The van der Waals surface area contributed by atoms with Crippen molar-refractivity contribution in [2.24, 2.45) is 17.8 Å². The molecule has 4 saturated carbocycles. The van der Waals surface area contributed by atoms with Crippen LogP contribution in [0.4, 0.5) is 0 Å². The van der Waals surface area contributed by atoms with Crippen molar-refractivity contribution in [3.8, 4) is 0 Å². The van der Waals surface area contributed by atoms with E-state index >= 15 is 0 Å². The Hall–Kier alpha value is 0.870. The van der Waals surface area contributed by atoms with Gasteiger partial charge >= 0.3 is 0 Å². The highest BCUT2D eigenvalue weighted by Gasteiger charge is 2.60. The molecule has 3 heteroatoms. The molecule has 0 saturated heterocycles. The van der Waals surface area contributed by atoms with Crippen molar-refractivity contribution in [1.29, 1.82) is 0 Å². The van der Waals surface area contributed by atoms with Gasteiger partial charge in [-0.3, -0.25) is 0 Å². The van der Waals surface area contributed by atoms with E-state index in [1.165, 1.54) is 19.3 Å². The number of hydrogen-bond donors (Lipinski definition) is 0. The molecule has 0 aliphatic heterocycles. The maximum atomic E-state index is 6.54. The first-order valence-electron chi connectivity index (χ1n) is 5.06. The summed E-state index contributed by atoms with van der Waals surface area (Å²) in [6.07, 6.45) is 5.68. The molecule has 13 heavy (non-hydrogen) atoms. The topological polar surface area (TPSA) is 0 Å². The largest absolute Gasteiger partial charge is 0.124 e. The molecule has 0 amide bonds. The number of alkyl halides is 3. The molecular weight excluding hydrogens is 226 g/mol. The molecule has 2 unspecified atom stereocenters. The van der Waals surface area contributed by atoms with Gasteiger partial charge in [-0.1, -0.05) is 0 Å². The van der Waals surface area contributed by atoms with Crippen LogP contribution < -0.4 is 0 Å². The summed E-state index contributed by atoms with van der Waals surface area (Å²) in [5.74, 6) is 1.72. The molecule has 4 fully saturated rings. The van der Waals surface area contributed by atoms with Crippen molar-refractivity contribution in [3.63, 3.8) is 0 Å². The molecule has 0 nitrogen and oxygen atoms in total. The third-order valence-corrected chi connectivity index (χ3v) is 5.90. The van der Waals surface area contributed by atoms with Crippen LogP contribution >= 0.6 is 34.8 Å². The summed E-state index contributed by atoms with van der Waals surface area (Å²) in [5, 5.41) is 0. The lowest BCUT2D eigenvalue weighted by molar-refractivity contribution is 0.0245. The Morgan fingerprint density at radius 1 is 0.846 bits per heavy atom. The van der Waals surface area contributed by atoms with Crippen molar-refractivity contribution in [1.82, 2.24) is 0 Å². The van der Waals surface area contributed by atoms with Gasteiger partial charge < -0.3 is 0 Å². The van der Waals surface area contributed by atoms with Crippen molar-refractivity contribution in [3.05, 3.63) is 0 Å². The van der Waals surface area contributed by atoms with Crippen LogP contribution in [0, 0.1) is 17.8 Å². The fourth-order valence-electron chi connectivity index (χ4n) is 3.80. The first-order valence-corrected chi connectivity index (χ1v) is 6.20. The number of rotatable bonds is 0. The van der Waals surface area contributed by atoms with Crippen LogP contribution in [0.15, 0.2) is 0 Å². The minimum Gasteiger partial charge on any atom is -0.119 e. The Morgan fingerprint density at radius 3 is 1.85 bits per heavy atom. The lowest BCUT2D eigenvalue weighted by Crippen LogP contribution is -2.57. The summed E-state index contributed by atoms with van der Waals surface area (Å²) in [6.45, 7) is 0. The van der Waals surface area contributed by atoms with Crippen LogP contribution in [0.2, 0.25) is 0 Å². The molecule has 74 valence electrons. The van der Waals surface area contributed by atoms with E-state index in [9.17, 15) is 0 Å². The number of hydrogen-bond acceptors (Lipinski definition) is 0. The monoisotopic (exact) mass is 238 g/mol. The Morgan fingerprint density at radius 2 is 1.38 bits per heavy atom. The zero-order valence-corrected chi connectivity index (χ0v) is 9.67. The van der Waals surface area contributed by atoms with Gasteiger partial charge in [-0.15, -0.1) is 34.8 Å². The molecular formula is C10H13Cl3. The predicted octanol–water partition coefficient (Wildman–Crippen LogP) is 3.98. The second kappa shape index (κ2) is 2.51. The molecule has 4 bridgehead atoms. The summed E-state index contributed by atoms with van der Waals surface area (Å²) in [7, 11) is 0. The molecule has 0 N–H and O–H groups in total. The Labute approximate surface area is 93.9 Å². The van der Waals surface area contributed by atoms with Crippen LogP contribution in [0.25, 0.3) is 0 Å². The quantitative estimate of drug-likeness (QED) is 0.561. The smallest absolute Gasteiger partial charge is 0.119 e. The van der Waals surface area contributed by atoms with E-state index in [-0.39, 0.29) is 4.87 Å². The Bertz CT molecular complexity index is 231. The molecule has 4 aliphatic carbocycles. The highest BCUT2D eigenvalue weighted by atomic mass is 35.5. The second-order valence-corrected chi connectivity index (χ2v) is 7.42. The van der Waals surface area contributed by atoms with Crippen LogP contribution in [0.1, 0.15) is 32.1 Å². The summed E-state index contributed by atoms with van der Waals surface area (Å²) < 4.78 is -0.463. The highest BCUT2D eigenvalue weighted by molar-refractivity contribution is 6.49. The maximum Gasteiger partial charge on any atom is 0.124 e. The molecule has 0 aromatic heterocycles. The first kappa shape index (κ1) is 9.12. The summed E-state index contributed by atoms with van der Waals surface area (Å²) in [5.41, 5.74) is 0. The van der Waals surface area contributed by atoms with E-state index in [0.717, 1.165) is 18.8 Å². The van der Waals surface area contributed by atoms with Crippen LogP contribution in [0.3, 0.4) is 0 Å². The lowest BCUT2D eigenvalue weighted by Gasteiger charge is -2.59. The highest BCUT2D eigenvalue weighted by Crippen LogP contribution is 2.65. The zero-order chi connectivity index (χ0) is 9.27. The van der Waals surface area contributed by atoms with Crippen molar-refractivity contribution in [2.75, 3.05) is 0 Å². The Balaban J connectivity index is 1.99. The molecule has 0 radical (unpaired) electrons. The predicted molar refractivity (Wildman–Crippen MR) is 56.6 cm³/mol. The SMILES string of the molecule is ClC12CC3CC(C1)C(Cl)(Cl)C(C3)C2. The molecule has 0 spiro atoms. The maximum absolute atomic E-state index is 6.54. The van der Waals surface area contributed by atoms with Gasteiger partial charge in [-0.2, -0.15) is 0 Å². The zero-order valence-electron chi connectivity index (χ0n) is 7.40. The number of halogens is 3. The van der Waals surface area contributed by atoms with E-state index in [2.05, 4.69) is 0 Å². The molecule has 0 heterocycles. The van der Waals surface area contributed by atoms with Crippen LogP contribution in [-0.4, -0.2) is 9.21 Å². The summed E-state index contributed by atoms with van der Waals surface area (Å²) in [6, 6.07) is 0. The van der Waals surface area contributed by atoms with Crippen LogP contribution in [-0.2, 0) is 0 Å². The fourth-order valence-corrected chi connectivity index (χ4v) is 5.06. The third kappa shape index (κ3) is 1.18. The Kier molecular flexibility index (Phi) is 1.76. The molecule has 0 aromatic rings. The van der Waals surface area contributed by atoms with E-state index in [0.29, 0.717) is 11.8 Å². The molecule has 2 atom stereocenters. The minimum absolute atomic E-state index is 0.0593. The van der Waals surface area contributed by atoms with E-state index in [1.807, 2.05) is 0 Å². The molecule has 4 aliphatic rings. The van der Waals surface area contributed by atoms with Crippen molar-refractivity contribution in [2.45, 2.75) is 41.3 Å². The van der Waals surface area contributed by atoms with E-state index in [1.54, 1.807) is 0 Å². The van der Waals surface area contributed by atoms with Gasteiger partial charge in [0.05, 0.1) is 0 Å². The van der Waals surface area contributed by atoms with E-state index < -0.39 is 4.33 Å². The normalized spacial score (nSPS) is 57.0. The summed E-state index contributed by atoms with van der Waals surface area (Å²) >= 11 is 19.3. The van der Waals surface area contributed by atoms with Crippen LogP contribution in [0.5, 0.6) is 0 Å². The van der Waals surface area contributed by atoms with Crippen molar-refractivity contribution < 1.29 is 0 Å². The second-order valence-electron chi connectivity index (χ2n) is 5.17. The van der Waals surface area contributed by atoms with E-state index in [4.69, 9.17) is 34.8 Å². The average Bonchev–Trinajstić information content (AvgIpc) is 1.97. The summed E-state index contributed by atoms with van der Waals surface area (Å²) in [4.78, 5) is 0.0593. The molecule has 0 aromatic carbocycles. The van der Waals surface area contributed by atoms with Gasteiger partial charge in [0.25, 0.3) is 0 Å². The lowest BCUT2D eigenvalue weighted by atomic mass is 9.55. The van der Waals surface area contributed by atoms with Gasteiger partial charge in [-0.25, -0.2) is 0 Å². The minimum atomic E-state index is -0.463. The van der Waals surface area contributed by atoms with Gasteiger partial charge in [0.1, 0.15) is 4.33 Å². The molecule has 4 rings (SSSR count). The average molecular weight is 240 g/mol.